The third kappa shape index (κ3) is 8.35. The molecule has 6 heteroatoms. The van der Waals surface area contributed by atoms with Crippen molar-refractivity contribution in [2.45, 2.75) is 89.3 Å². The number of hydrogen-bond donors (Lipinski definition) is 3. The summed E-state index contributed by atoms with van der Waals surface area (Å²) in [5.74, 6) is -1.31. The van der Waals surface area contributed by atoms with Gasteiger partial charge in [0.05, 0.1) is 6.10 Å². The molecule has 0 saturated heterocycles. The lowest BCUT2D eigenvalue weighted by atomic mass is 9.87. The van der Waals surface area contributed by atoms with Gasteiger partial charge < -0.3 is 20.1 Å². The number of carboxylic acid groups (broad SMARTS) is 1. The second kappa shape index (κ2) is 12.0. The van der Waals surface area contributed by atoms with Gasteiger partial charge in [-0.1, -0.05) is 51.2 Å². The van der Waals surface area contributed by atoms with Gasteiger partial charge in [-0.05, 0) is 25.2 Å². The van der Waals surface area contributed by atoms with Crippen LogP contribution in [0, 0.1) is 11.8 Å². The molecular weight excluding hydrogens is 348 g/mol. The third-order valence-corrected chi connectivity index (χ3v) is 5.41. The topological polar surface area (TPSA) is 112 Å². The molecule has 0 bridgehead atoms. The predicted molar refractivity (Wildman–Crippen MR) is 102 cm³/mol. The molecule has 0 amide bonds. The second-order valence-electron chi connectivity index (χ2n) is 7.73. The Balaban J connectivity index is 2.51. The smallest absolute Gasteiger partial charge is 0.303 e. The molecule has 0 radical (unpaired) electrons. The zero-order valence-electron chi connectivity index (χ0n) is 16.3. The van der Waals surface area contributed by atoms with E-state index in [0.717, 1.165) is 32.1 Å². The number of aldehydes is 1. The number of aliphatic hydroxyl groups excluding tert-OH is 1. The number of carbonyl (C=O) groups is 3. The molecule has 1 aliphatic carbocycles. The number of unbranched alkanes of at least 4 members (excludes halogenated alkanes) is 4. The van der Waals surface area contributed by atoms with Crippen molar-refractivity contribution >= 4 is 18.0 Å². The molecule has 0 spiro atoms. The van der Waals surface area contributed by atoms with Gasteiger partial charge in [0, 0.05) is 25.2 Å². The maximum atomic E-state index is 12.2. The highest BCUT2D eigenvalue weighted by Gasteiger charge is 2.39. The number of carboxylic acids is 1. The van der Waals surface area contributed by atoms with Gasteiger partial charge in [-0.15, -0.1) is 0 Å². The molecule has 1 aliphatic rings. The van der Waals surface area contributed by atoms with Crippen LogP contribution in [0.3, 0.4) is 0 Å². The quantitative estimate of drug-likeness (QED) is 0.242. The Morgan fingerprint density at radius 2 is 1.93 bits per heavy atom. The largest absolute Gasteiger partial charge is 0.481 e. The minimum absolute atomic E-state index is 0.00201. The van der Waals surface area contributed by atoms with Gasteiger partial charge in [-0.3, -0.25) is 9.59 Å². The highest BCUT2D eigenvalue weighted by Crippen LogP contribution is 2.34. The zero-order valence-corrected chi connectivity index (χ0v) is 16.3. The fraction of sp³-hybridized carbons (Fsp3) is 0.762. The lowest BCUT2D eigenvalue weighted by molar-refractivity contribution is -0.137. The molecule has 0 heterocycles. The lowest BCUT2D eigenvalue weighted by Gasteiger charge is -2.21. The van der Waals surface area contributed by atoms with Crippen molar-refractivity contribution in [1.29, 1.82) is 0 Å². The van der Waals surface area contributed by atoms with Gasteiger partial charge in [0.2, 0.25) is 0 Å². The third-order valence-electron chi connectivity index (χ3n) is 5.41. The van der Waals surface area contributed by atoms with Crippen molar-refractivity contribution in [3.8, 4) is 0 Å². The van der Waals surface area contributed by atoms with Crippen LogP contribution in [-0.4, -0.2) is 45.1 Å². The molecule has 154 valence electrons. The van der Waals surface area contributed by atoms with Crippen molar-refractivity contribution in [3.63, 3.8) is 0 Å². The first-order chi connectivity index (χ1) is 12.8. The van der Waals surface area contributed by atoms with E-state index in [2.05, 4.69) is 0 Å². The number of aliphatic hydroxyl groups is 2. The molecule has 1 fully saturated rings. The summed E-state index contributed by atoms with van der Waals surface area (Å²) in [5.41, 5.74) is -1.38. The Kier molecular flexibility index (Phi) is 10.5. The lowest BCUT2D eigenvalue weighted by Crippen LogP contribution is -2.29. The summed E-state index contributed by atoms with van der Waals surface area (Å²) < 4.78 is 0. The Morgan fingerprint density at radius 3 is 2.56 bits per heavy atom. The maximum Gasteiger partial charge on any atom is 0.303 e. The minimum atomic E-state index is -1.38. The molecule has 0 aromatic heterocycles. The first-order valence-corrected chi connectivity index (χ1v) is 10.1. The molecule has 0 aliphatic heterocycles. The van der Waals surface area contributed by atoms with Crippen molar-refractivity contribution in [3.05, 3.63) is 12.2 Å². The van der Waals surface area contributed by atoms with Crippen molar-refractivity contribution in [1.82, 2.24) is 0 Å². The van der Waals surface area contributed by atoms with Crippen molar-refractivity contribution in [2.24, 2.45) is 11.8 Å². The van der Waals surface area contributed by atoms with Gasteiger partial charge in [0.25, 0.3) is 0 Å². The monoisotopic (exact) mass is 382 g/mol. The summed E-state index contributed by atoms with van der Waals surface area (Å²) in [5, 5.41) is 29.1. The number of Topliss-reactive ketones (excluding diaryl/α,β-unsaturated/α-hetero) is 1. The van der Waals surface area contributed by atoms with Gasteiger partial charge in [-0.25, -0.2) is 0 Å². The minimum Gasteiger partial charge on any atom is -0.481 e. The fourth-order valence-electron chi connectivity index (χ4n) is 3.71. The van der Waals surface area contributed by atoms with E-state index in [1.165, 1.54) is 0 Å². The average molecular weight is 382 g/mol. The Bertz CT molecular complexity index is 515. The van der Waals surface area contributed by atoms with Crippen LogP contribution in [0.5, 0.6) is 0 Å². The molecule has 1 unspecified atom stereocenters. The molecule has 6 nitrogen and oxygen atoms in total. The summed E-state index contributed by atoms with van der Waals surface area (Å²) in [6.45, 7) is 1.99. The van der Waals surface area contributed by atoms with Crippen LogP contribution in [0.2, 0.25) is 0 Å². The number of allylic oxidation sites excluding steroid dienone is 1. The summed E-state index contributed by atoms with van der Waals surface area (Å²) in [6.07, 6.45) is 9.81. The number of aliphatic carboxylic acids is 1. The molecular formula is C21H34O6. The fourth-order valence-corrected chi connectivity index (χ4v) is 3.71. The van der Waals surface area contributed by atoms with Crippen LogP contribution in [0.15, 0.2) is 12.2 Å². The van der Waals surface area contributed by atoms with Crippen molar-refractivity contribution < 1.29 is 29.7 Å². The summed E-state index contributed by atoms with van der Waals surface area (Å²) in [6, 6.07) is 0. The molecule has 0 aromatic rings. The normalized spacial score (nSPS) is 25.0. The van der Waals surface area contributed by atoms with Crippen molar-refractivity contribution in [2.75, 3.05) is 0 Å². The van der Waals surface area contributed by atoms with Gasteiger partial charge in [0.15, 0.2) is 6.29 Å². The van der Waals surface area contributed by atoms with Gasteiger partial charge in [-0.2, -0.15) is 0 Å². The van der Waals surface area contributed by atoms with E-state index in [0.29, 0.717) is 25.5 Å². The average Bonchev–Trinajstić information content (AvgIpc) is 2.89. The van der Waals surface area contributed by atoms with Crippen LogP contribution >= 0.6 is 0 Å². The van der Waals surface area contributed by atoms with Crippen LogP contribution in [0.25, 0.3) is 0 Å². The van der Waals surface area contributed by atoms with Crippen LogP contribution in [0.4, 0.5) is 0 Å². The molecule has 3 N–H and O–H groups in total. The number of ketones is 1. The van der Waals surface area contributed by atoms with E-state index in [4.69, 9.17) is 5.11 Å². The molecule has 1 saturated carbocycles. The maximum absolute atomic E-state index is 12.2. The Hall–Kier alpha value is -1.53. The Morgan fingerprint density at radius 1 is 1.22 bits per heavy atom. The number of hydrogen-bond acceptors (Lipinski definition) is 5. The predicted octanol–water partition coefficient (Wildman–Crippen LogP) is 3.04. The molecule has 0 aromatic carbocycles. The zero-order chi connectivity index (χ0) is 20.3. The summed E-state index contributed by atoms with van der Waals surface area (Å²) in [4.78, 5) is 33.9. The summed E-state index contributed by atoms with van der Waals surface area (Å²) >= 11 is 0. The van der Waals surface area contributed by atoms with Crippen LogP contribution < -0.4 is 0 Å². The Labute approximate surface area is 161 Å². The van der Waals surface area contributed by atoms with Gasteiger partial charge in [0.1, 0.15) is 11.4 Å². The summed E-state index contributed by atoms with van der Waals surface area (Å²) in [7, 11) is 0. The molecule has 27 heavy (non-hydrogen) atoms. The highest BCUT2D eigenvalue weighted by molar-refractivity contribution is 5.86. The second-order valence-corrected chi connectivity index (χ2v) is 7.73. The van der Waals surface area contributed by atoms with E-state index in [-0.39, 0.29) is 36.9 Å². The highest BCUT2D eigenvalue weighted by atomic mass is 16.4. The standard InChI is InChI=1S/C21H34O6/c1-2-3-12-21(27,15-22)13-8-10-17-16(18(23)14-19(17)24)9-6-4-5-7-11-20(25)26/h8,10,15-18,23,27H,2-7,9,11-14H2,1H3,(H,25,26)/t16-,17-,18+,21?/m1/s1. The number of carbonyl (C=O) groups excluding carboxylic acids is 2. The number of rotatable bonds is 14. The SMILES string of the molecule is CCCCC(O)(C=O)CC=C[C@H]1C(=O)C[C@H](O)[C@@H]1CCCCCCC(=O)O. The first kappa shape index (κ1) is 23.5. The van der Waals surface area contributed by atoms with E-state index in [1.807, 2.05) is 6.92 Å². The van der Waals surface area contributed by atoms with E-state index in [9.17, 15) is 24.6 Å². The van der Waals surface area contributed by atoms with E-state index >= 15 is 0 Å². The molecule has 4 atom stereocenters. The van der Waals surface area contributed by atoms with E-state index in [1.54, 1.807) is 12.2 Å². The molecule has 1 rings (SSSR count). The van der Waals surface area contributed by atoms with Gasteiger partial charge >= 0.3 is 5.97 Å². The van der Waals surface area contributed by atoms with E-state index < -0.39 is 17.7 Å². The van der Waals surface area contributed by atoms with Crippen LogP contribution in [-0.2, 0) is 14.4 Å². The van der Waals surface area contributed by atoms with Crippen LogP contribution in [0.1, 0.15) is 77.6 Å². The first-order valence-electron chi connectivity index (χ1n) is 10.1.